The van der Waals surface area contributed by atoms with Crippen molar-refractivity contribution in [2.24, 2.45) is 0 Å². The van der Waals surface area contributed by atoms with Crippen LogP contribution < -0.4 is 14.8 Å². The van der Waals surface area contributed by atoms with E-state index in [2.05, 4.69) is 10.4 Å². The van der Waals surface area contributed by atoms with Crippen LogP contribution in [-0.4, -0.2) is 22.5 Å². The molecule has 120 valence electrons. The molecule has 1 N–H and O–H groups in total. The fourth-order valence-corrected chi connectivity index (χ4v) is 2.55. The number of amides is 1. The number of nitrogens with one attached hydrogen (secondary N) is 1. The molecule has 6 heteroatoms. The van der Waals surface area contributed by atoms with Gasteiger partial charge in [0.05, 0.1) is 5.69 Å². The Hall–Kier alpha value is -3.28. The quantitative estimate of drug-likeness (QED) is 0.802. The zero-order valence-electron chi connectivity index (χ0n) is 12.8. The number of benzene rings is 2. The number of carbonyl (C=O) groups excluding carboxylic acids is 1. The van der Waals surface area contributed by atoms with Gasteiger partial charge in [-0.25, -0.2) is 4.68 Å². The first-order chi connectivity index (χ1) is 11.8. The monoisotopic (exact) mass is 321 g/mol. The Bertz CT molecular complexity index is 875. The molecule has 0 bridgehead atoms. The number of rotatable bonds is 4. The smallest absolute Gasteiger partial charge is 0.251 e. The number of aromatic nitrogens is 2. The standard InChI is InChI=1S/C18H15N3O3/c22-18(14-3-1-4-15(10-14)21-8-2-7-20-21)19-11-13-5-6-16-17(9-13)24-12-23-16/h1-10H,11-12H2,(H,19,22). The summed E-state index contributed by atoms with van der Waals surface area (Å²) in [4.78, 5) is 12.4. The van der Waals surface area contributed by atoms with Crippen LogP contribution in [0.15, 0.2) is 60.9 Å². The number of fused-ring (bicyclic) bond motifs is 1. The highest BCUT2D eigenvalue weighted by Crippen LogP contribution is 2.32. The van der Waals surface area contributed by atoms with E-state index in [0.29, 0.717) is 17.9 Å². The van der Waals surface area contributed by atoms with E-state index in [1.807, 2.05) is 48.7 Å². The van der Waals surface area contributed by atoms with E-state index in [1.54, 1.807) is 16.9 Å². The second-order valence-electron chi connectivity index (χ2n) is 5.37. The molecule has 0 saturated carbocycles. The van der Waals surface area contributed by atoms with Gasteiger partial charge in [-0.2, -0.15) is 5.10 Å². The van der Waals surface area contributed by atoms with Crippen molar-refractivity contribution in [3.05, 3.63) is 72.1 Å². The van der Waals surface area contributed by atoms with Gasteiger partial charge in [0.1, 0.15) is 0 Å². The van der Waals surface area contributed by atoms with Crippen LogP contribution in [0, 0.1) is 0 Å². The summed E-state index contributed by atoms with van der Waals surface area (Å²) in [5, 5.41) is 7.09. The van der Waals surface area contributed by atoms with Gasteiger partial charge in [-0.1, -0.05) is 12.1 Å². The molecule has 6 nitrogen and oxygen atoms in total. The molecule has 3 aromatic rings. The predicted molar refractivity (Wildman–Crippen MR) is 87.3 cm³/mol. The second-order valence-corrected chi connectivity index (χ2v) is 5.37. The van der Waals surface area contributed by atoms with Crippen molar-refractivity contribution in [2.75, 3.05) is 6.79 Å². The first kappa shape index (κ1) is 14.3. The summed E-state index contributed by atoms with van der Waals surface area (Å²) in [7, 11) is 0. The van der Waals surface area contributed by atoms with Gasteiger partial charge in [0.15, 0.2) is 11.5 Å². The Morgan fingerprint density at radius 3 is 2.92 bits per heavy atom. The van der Waals surface area contributed by atoms with Gasteiger partial charge >= 0.3 is 0 Å². The highest BCUT2D eigenvalue weighted by atomic mass is 16.7. The molecule has 4 rings (SSSR count). The summed E-state index contributed by atoms with van der Waals surface area (Å²) in [5.74, 6) is 1.31. The van der Waals surface area contributed by atoms with Crippen LogP contribution in [0.5, 0.6) is 11.5 Å². The zero-order valence-corrected chi connectivity index (χ0v) is 12.8. The summed E-state index contributed by atoms with van der Waals surface area (Å²) >= 11 is 0. The second kappa shape index (κ2) is 6.08. The van der Waals surface area contributed by atoms with Gasteiger partial charge in [0, 0.05) is 24.5 Å². The average Bonchev–Trinajstić information content (AvgIpc) is 3.30. The molecule has 24 heavy (non-hydrogen) atoms. The van der Waals surface area contributed by atoms with Crippen molar-refractivity contribution in [2.45, 2.75) is 6.54 Å². The van der Waals surface area contributed by atoms with Crippen molar-refractivity contribution in [1.29, 1.82) is 0 Å². The van der Waals surface area contributed by atoms with E-state index < -0.39 is 0 Å². The lowest BCUT2D eigenvalue weighted by molar-refractivity contribution is 0.0951. The van der Waals surface area contributed by atoms with E-state index in [0.717, 1.165) is 17.0 Å². The minimum absolute atomic E-state index is 0.137. The van der Waals surface area contributed by atoms with Crippen LogP contribution in [0.3, 0.4) is 0 Å². The molecular weight excluding hydrogens is 306 g/mol. The van der Waals surface area contributed by atoms with Crippen molar-refractivity contribution in [3.8, 4) is 17.2 Å². The molecule has 0 unspecified atom stereocenters. The summed E-state index contributed by atoms with van der Waals surface area (Å²) in [5.41, 5.74) is 2.38. The predicted octanol–water partition coefficient (Wildman–Crippen LogP) is 2.53. The van der Waals surface area contributed by atoms with Crippen LogP contribution in [0.2, 0.25) is 0 Å². The normalized spacial score (nSPS) is 12.2. The molecule has 1 aliphatic heterocycles. The topological polar surface area (TPSA) is 65.4 Å². The molecule has 0 fully saturated rings. The average molecular weight is 321 g/mol. The first-order valence-electron chi connectivity index (χ1n) is 7.56. The zero-order chi connectivity index (χ0) is 16.4. The van der Waals surface area contributed by atoms with Crippen molar-refractivity contribution in [1.82, 2.24) is 15.1 Å². The molecule has 1 amide bonds. The number of nitrogens with zero attached hydrogens (tertiary/aromatic N) is 2. The fourth-order valence-electron chi connectivity index (χ4n) is 2.55. The largest absolute Gasteiger partial charge is 0.454 e. The lowest BCUT2D eigenvalue weighted by Gasteiger charge is -2.08. The number of carbonyl (C=O) groups is 1. The lowest BCUT2D eigenvalue weighted by atomic mass is 10.1. The summed E-state index contributed by atoms with van der Waals surface area (Å²) < 4.78 is 12.3. The number of ether oxygens (including phenoxy) is 2. The van der Waals surface area contributed by atoms with Gasteiger partial charge in [0.2, 0.25) is 6.79 Å². The van der Waals surface area contributed by atoms with Gasteiger partial charge < -0.3 is 14.8 Å². The van der Waals surface area contributed by atoms with E-state index in [1.165, 1.54) is 0 Å². The molecule has 0 radical (unpaired) electrons. The van der Waals surface area contributed by atoms with Crippen LogP contribution in [0.25, 0.3) is 5.69 Å². The molecule has 0 aliphatic carbocycles. The minimum atomic E-state index is -0.137. The third kappa shape index (κ3) is 2.81. The Morgan fingerprint density at radius 2 is 2.04 bits per heavy atom. The Kier molecular flexibility index (Phi) is 3.63. The molecule has 0 atom stereocenters. The van der Waals surface area contributed by atoms with E-state index in [9.17, 15) is 4.79 Å². The maximum atomic E-state index is 12.4. The van der Waals surface area contributed by atoms with Gasteiger partial charge in [-0.05, 0) is 42.0 Å². The maximum Gasteiger partial charge on any atom is 0.251 e. The fraction of sp³-hybridized carbons (Fsp3) is 0.111. The molecule has 0 spiro atoms. The number of hydrogen-bond acceptors (Lipinski definition) is 4. The third-order valence-corrected chi connectivity index (χ3v) is 3.77. The highest BCUT2D eigenvalue weighted by molar-refractivity contribution is 5.94. The SMILES string of the molecule is O=C(NCc1ccc2c(c1)OCO2)c1cccc(-n2cccn2)c1. The molecule has 1 aliphatic rings. The molecule has 2 heterocycles. The van der Waals surface area contributed by atoms with E-state index in [-0.39, 0.29) is 12.7 Å². The van der Waals surface area contributed by atoms with Crippen LogP contribution in [-0.2, 0) is 6.54 Å². The summed E-state index contributed by atoms with van der Waals surface area (Å²) in [6.07, 6.45) is 3.54. The third-order valence-electron chi connectivity index (χ3n) is 3.77. The van der Waals surface area contributed by atoms with Crippen LogP contribution in [0.4, 0.5) is 0 Å². The molecule has 0 saturated heterocycles. The van der Waals surface area contributed by atoms with Gasteiger partial charge in [0.25, 0.3) is 5.91 Å². The summed E-state index contributed by atoms with van der Waals surface area (Å²) in [6.45, 7) is 0.660. The molecule has 2 aromatic carbocycles. The van der Waals surface area contributed by atoms with Crippen LogP contribution >= 0.6 is 0 Å². The maximum absolute atomic E-state index is 12.4. The summed E-state index contributed by atoms with van der Waals surface area (Å²) in [6, 6.07) is 14.8. The highest BCUT2D eigenvalue weighted by Gasteiger charge is 2.14. The minimum Gasteiger partial charge on any atom is -0.454 e. The Morgan fingerprint density at radius 1 is 1.12 bits per heavy atom. The number of hydrogen-bond donors (Lipinski definition) is 1. The van der Waals surface area contributed by atoms with Crippen molar-refractivity contribution >= 4 is 5.91 Å². The van der Waals surface area contributed by atoms with E-state index in [4.69, 9.17) is 9.47 Å². The van der Waals surface area contributed by atoms with Gasteiger partial charge in [-0.3, -0.25) is 4.79 Å². The molecule has 1 aromatic heterocycles. The van der Waals surface area contributed by atoms with Crippen molar-refractivity contribution < 1.29 is 14.3 Å². The Labute approximate surface area is 138 Å². The van der Waals surface area contributed by atoms with Crippen LogP contribution in [0.1, 0.15) is 15.9 Å². The van der Waals surface area contributed by atoms with Crippen molar-refractivity contribution in [3.63, 3.8) is 0 Å². The first-order valence-corrected chi connectivity index (χ1v) is 7.56. The molecular formula is C18H15N3O3. The Balaban J connectivity index is 1.46. The lowest BCUT2D eigenvalue weighted by Crippen LogP contribution is -2.22. The van der Waals surface area contributed by atoms with Gasteiger partial charge in [-0.15, -0.1) is 0 Å². The van der Waals surface area contributed by atoms with E-state index >= 15 is 0 Å².